The number of anilines is 2. The van der Waals surface area contributed by atoms with E-state index in [4.69, 9.17) is 14.6 Å². The lowest BCUT2D eigenvalue weighted by molar-refractivity contribution is 0.0505. The van der Waals surface area contributed by atoms with Crippen LogP contribution in [0.25, 0.3) is 6.08 Å². The Morgan fingerprint density at radius 1 is 1.09 bits per heavy atom. The van der Waals surface area contributed by atoms with Crippen LogP contribution in [-0.4, -0.2) is 55.4 Å². The first-order valence-electron chi connectivity index (χ1n) is 15.3. The molecular weight excluding hydrogens is 546 g/mol. The van der Waals surface area contributed by atoms with Crippen LogP contribution in [0.3, 0.4) is 0 Å². The molecule has 0 saturated heterocycles. The number of allylic oxidation sites excluding steroid dienone is 1. The van der Waals surface area contributed by atoms with Crippen molar-refractivity contribution in [2.24, 2.45) is 0 Å². The molecule has 3 rings (SSSR count). The summed E-state index contributed by atoms with van der Waals surface area (Å²) in [5.41, 5.74) is 0.467. The molecule has 238 valence electrons. The number of amides is 2. The molecule has 0 aromatic carbocycles. The second kappa shape index (κ2) is 13.5. The molecule has 3 atom stereocenters. The number of alkyl carbamates (subject to hydrolysis) is 1. The second-order valence-corrected chi connectivity index (χ2v) is 14.5. The van der Waals surface area contributed by atoms with Crippen molar-refractivity contribution < 1.29 is 24.2 Å². The van der Waals surface area contributed by atoms with Crippen molar-refractivity contribution in [3.8, 4) is 0 Å². The molecule has 43 heavy (non-hydrogen) atoms. The molecule has 2 aromatic heterocycles. The normalized spacial score (nSPS) is 18.5. The largest absolute Gasteiger partial charge is 0.444 e. The van der Waals surface area contributed by atoms with Gasteiger partial charge < -0.3 is 19.9 Å². The van der Waals surface area contributed by atoms with E-state index < -0.39 is 28.9 Å². The summed E-state index contributed by atoms with van der Waals surface area (Å²) in [6.45, 7) is 19.1. The number of aliphatic hydroxyl groups excluding tert-OH is 1. The van der Waals surface area contributed by atoms with Crippen molar-refractivity contribution in [2.75, 3.05) is 4.90 Å². The lowest BCUT2D eigenvalue weighted by Crippen LogP contribution is -2.37. The summed E-state index contributed by atoms with van der Waals surface area (Å²) in [6.07, 6.45) is 7.99. The zero-order chi connectivity index (χ0) is 32.2. The molecule has 1 aliphatic carbocycles. The number of hydrogen-bond acceptors (Lipinski definition) is 7. The van der Waals surface area contributed by atoms with E-state index in [-0.39, 0.29) is 18.1 Å². The van der Waals surface area contributed by atoms with Crippen molar-refractivity contribution in [3.63, 3.8) is 0 Å². The van der Waals surface area contributed by atoms with Gasteiger partial charge in [0.25, 0.3) is 0 Å². The van der Waals surface area contributed by atoms with E-state index in [2.05, 4.69) is 10.3 Å². The highest BCUT2D eigenvalue weighted by molar-refractivity contribution is 5.95. The van der Waals surface area contributed by atoms with E-state index in [1.807, 2.05) is 98.2 Å². The van der Waals surface area contributed by atoms with Crippen LogP contribution in [0, 0.1) is 0 Å². The molecule has 0 unspecified atom stereocenters. The number of hydrogen-bond donors (Lipinski definition) is 2. The van der Waals surface area contributed by atoms with E-state index in [0.29, 0.717) is 30.0 Å². The highest BCUT2D eigenvalue weighted by Crippen LogP contribution is 2.39. The van der Waals surface area contributed by atoms with Crippen LogP contribution in [0.4, 0.5) is 21.1 Å². The predicted molar refractivity (Wildman–Crippen MR) is 170 cm³/mol. The zero-order valence-corrected chi connectivity index (χ0v) is 27.6. The number of carbonyl (C=O) groups is 2. The van der Waals surface area contributed by atoms with Gasteiger partial charge in [-0.05, 0) is 120 Å². The van der Waals surface area contributed by atoms with Gasteiger partial charge in [0.05, 0.1) is 28.7 Å². The molecule has 2 N–H and O–H groups in total. The Bertz CT molecular complexity index is 1280. The minimum atomic E-state index is -0.708. The molecule has 1 fully saturated rings. The Kier molecular flexibility index (Phi) is 10.7. The number of nitrogens with zero attached hydrogens (tertiary/aromatic N) is 4. The standard InChI is InChI=1S/C33H51N5O5/c1-22(35-29(40)42-32(5,6)7)13-11-12-14-24-20-25(17-18-34-24)37(30(41)43-33(8,9)10)28-21-27(23-15-16-26(39)19-23)36-38(28)31(2,3)4/h12,14,17-18,20-23,26,39H,11,13,15-16,19H2,1-10H3,(H,35,40)/b14-12+/t22-,23-,26+/m0/s1. The molecular formula is C33H51N5O5. The fourth-order valence-electron chi connectivity index (χ4n) is 4.90. The molecule has 1 aliphatic rings. The predicted octanol–water partition coefficient (Wildman–Crippen LogP) is 7.44. The SMILES string of the molecule is C[C@@H](CC/C=C/c1cc(N(C(=O)OC(C)(C)C)c2cc([C@H]3CC[C@@H](O)C3)nn2C(C)(C)C)ccn1)NC(=O)OC(C)(C)C. The van der Waals surface area contributed by atoms with E-state index in [1.54, 1.807) is 17.2 Å². The van der Waals surface area contributed by atoms with Crippen LogP contribution in [0.15, 0.2) is 30.5 Å². The Hall–Kier alpha value is -3.40. The van der Waals surface area contributed by atoms with E-state index >= 15 is 0 Å². The summed E-state index contributed by atoms with van der Waals surface area (Å²) in [6, 6.07) is 5.52. The van der Waals surface area contributed by atoms with Crippen LogP contribution in [0.2, 0.25) is 0 Å². The van der Waals surface area contributed by atoms with E-state index in [1.165, 1.54) is 0 Å². The average molecular weight is 598 g/mol. The van der Waals surface area contributed by atoms with Gasteiger partial charge in [0, 0.05) is 24.2 Å². The average Bonchev–Trinajstić information content (AvgIpc) is 3.46. The second-order valence-electron chi connectivity index (χ2n) is 14.5. The number of rotatable bonds is 8. The number of carbonyl (C=O) groups excluding carboxylic acids is 2. The van der Waals surface area contributed by atoms with Gasteiger partial charge in [-0.2, -0.15) is 5.10 Å². The number of ether oxygens (including phenoxy) is 2. The summed E-state index contributed by atoms with van der Waals surface area (Å²) in [7, 11) is 0. The highest BCUT2D eigenvalue weighted by atomic mass is 16.6. The van der Waals surface area contributed by atoms with Crippen molar-refractivity contribution in [2.45, 2.75) is 136 Å². The molecule has 0 radical (unpaired) electrons. The van der Waals surface area contributed by atoms with E-state index in [0.717, 1.165) is 25.0 Å². The molecule has 2 aromatic rings. The minimum absolute atomic E-state index is 0.0608. The smallest absolute Gasteiger partial charge is 0.420 e. The lowest BCUT2D eigenvalue weighted by atomic mass is 10.0. The molecule has 0 spiro atoms. The fraction of sp³-hybridized carbons (Fsp3) is 0.636. The minimum Gasteiger partial charge on any atom is -0.444 e. The first-order valence-corrected chi connectivity index (χ1v) is 15.3. The van der Waals surface area contributed by atoms with Crippen molar-refractivity contribution in [3.05, 3.63) is 41.9 Å². The third-order valence-electron chi connectivity index (χ3n) is 6.81. The van der Waals surface area contributed by atoms with Crippen LogP contribution in [0.1, 0.15) is 119 Å². The lowest BCUT2D eigenvalue weighted by Gasteiger charge is -2.30. The molecule has 2 amide bonds. The van der Waals surface area contributed by atoms with Gasteiger partial charge in [0.1, 0.15) is 17.0 Å². The zero-order valence-electron chi connectivity index (χ0n) is 27.6. The third kappa shape index (κ3) is 10.4. The summed E-state index contributed by atoms with van der Waals surface area (Å²) >= 11 is 0. The Balaban J connectivity index is 1.87. The van der Waals surface area contributed by atoms with Crippen LogP contribution < -0.4 is 10.2 Å². The van der Waals surface area contributed by atoms with Crippen molar-refractivity contribution >= 4 is 29.8 Å². The molecule has 10 nitrogen and oxygen atoms in total. The van der Waals surface area contributed by atoms with Crippen molar-refractivity contribution in [1.82, 2.24) is 20.1 Å². The molecule has 2 heterocycles. The Morgan fingerprint density at radius 2 is 1.77 bits per heavy atom. The van der Waals surface area contributed by atoms with Gasteiger partial charge in [-0.3, -0.25) is 4.98 Å². The monoisotopic (exact) mass is 597 g/mol. The van der Waals surface area contributed by atoms with Crippen LogP contribution in [0.5, 0.6) is 0 Å². The topological polar surface area (TPSA) is 119 Å². The number of aromatic nitrogens is 3. The third-order valence-corrected chi connectivity index (χ3v) is 6.81. The first-order chi connectivity index (χ1) is 19.8. The maximum absolute atomic E-state index is 13.8. The van der Waals surface area contributed by atoms with Gasteiger partial charge in [-0.25, -0.2) is 19.2 Å². The van der Waals surface area contributed by atoms with E-state index in [9.17, 15) is 14.7 Å². The van der Waals surface area contributed by atoms with Gasteiger partial charge in [0.15, 0.2) is 0 Å². The maximum atomic E-state index is 13.8. The summed E-state index contributed by atoms with van der Waals surface area (Å²) in [5, 5.41) is 18.0. The van der Waals surface area contributed by atoms with Gasteiger partial charge in [0.2, 0.25) is 0 Å². The highest BCUT2D eigenvalue weighted by Gasteiger charge is 2.34. The van der Waals surface area contributed by atoms with Gasteiger partial charge in [-0.1, -0.05) is 6.08 Å². The summed E-state index contributed by atoms with van der Waals surface area (Å²) < 4.78 is 13.1. The fourth-order valence-corrected chi connectivity index (χ4v) is 4.90. The van der Waals surface area contributed by atoms with Crippen LogP contribution >= 0.6 is 0 Å². The Morgan fingerprint density at radius 3 is 2.35 bits per heavy atom. The number of nitrogens with one attached hydrogen (secondary N) is 1. The first kappa shape index (κ1) is 34.1. The Labute approximate surface area is 256 Å². The molecule has 10 heteroatoms. The number of pyridine rings is 1. The quantitative estimate of drug-likeness (QED) is 0.325. The summed E-state index contributed by atoms with van der Waals surface area (Å²) in [4.78, 5) is 31.9. The molecule has 0 aliphatic heterocycles. The number of aliphatic hydroxyl groups is 1. The molecule has 1 saturated carbocycles. The molecule has 0 bridgehead atoms. The summed E-state index contributed by atoms with van der Waals surface area (Å²) in [5.74, 6) is 0.724. The van der Waals surface area contributed by atoms with Crippen molar-refractivity contribution in [1.29, 1.82) is 0 Å². The van der Waals surface area contributed by atoms with Gasteiger partial charge >= 0.3 is 12.2 Å². The van der Waals surface area contributed by atoms with Crippen LogP contribution in [-0.2, 0) is 15.0 Å². The van der Waals surface area contributed by atoms with Gasteiger partial charge in [-0.15, -0.1) is 0 Å². The maximum Gasteiger partial charge on any atom is 0.420 e.